The Balaban J connectivity index is 0.00000288. The number of halogens is 2. The lowest BCUT2D eigenvalue weighted by Crippen LogP contribution is -2.44. The van der Waals surface area contributed by atoms with Gasteiger partial charge in [0, 0.05) is 32.7 Å². The summed E-state index contributed by atoms with van der Waals surface area (Å²) in [6, 6.07) is 2.93. The molecule has 138 valence electrons. The fourth-order valence-electron chi connectivity index (χ4n) is 2.20. The third-order valence-corrected chi connectivity index (χ3v) is 6.54. The number of amides is 1. The van der Waals surface area contributed by atoms with Crippen molar-refractivity contribution in [3.63, 3.8) is 0 Å². The first kappa shape index (κ1) is 21.6. The van der Waals surface area contributed by atoms with E-state index in [-0.39, 0.29) is 29.1 Å². The van der Waals surface area contributed by atoms with Crippen molar-refractivity contribution in [3.8, 4) is 0 Å². The van der Waals surface area contributed by atoms with Crippen molar-refractivity contribution < 1.29 is 13.2 Å². The molecule has 24 heavy (non-hydrogen) atoms. The van der Waals surface area contributed by atoms with Crippen LogP contribution in [0.5, 0.6) is 0 Å². The molecule has 3 N–H and O–H groups in total. The van der Waals surface area contributed by atoms with Crippen molar-refractivity contribution in [1.82, 2.24) is 20.3 Å². The van der Waals surface area contributed by atoms with Gasteiger partial charge in [-0.15, -0.1) is 23.7 Å². The molecule has 1 fully saturated rings. The molecule has 0 aliphatic carbocycles. The summed E-state index contributed by atoms with van der Waals surface area (Å²) in [4.78, 5) is 14.0. The summed E-state index contributed by atoms with van der Waals surface area (Å²) in [5, 5.41) is 6.01. The second kappa shape index (κ2) is 10.5. The highest BCUT2D eigenvalue weighted by Gasteiger charge is 2.17. The highest BCUT2D eigenvalue weighted by atomic mass is 35.5. The van der Waals surface area contributed by atoms with E-state index >= 15 is 0 Å². The number of rotatable bonds is 8. The molecule has 0 saturated carbocycles. The van der Waals surface area contributed by atoms with Crippen LogP contribution in [0.15, 0.2) is 16.3 Å². The highest BCUT2D eigenvalue weighted by molar-refractivity contribution is 7.91. The maximum atomic E-state index is 11.9. The topological polar surface area (TPSA) is 90.5 Å². The number of carbonyl (C=O) groups excluding carboxylic acids is 1. The number of thiophene rings is 1. The number of hydrogen-bond acceptors (Lipinski definition) is 6. The molecule has 2 heterocycles. The molecule has 7 nitrogen and oxygen atoms in total. The number of piperazine rings is 1. The highest BCUT2D eigenvalue weighted by Crippen LogP contribution is 2.25. The molecule has 1 saturated heterocycles. The van der Waals surface area contributed by atoms with E-state index in [0.29, 0.717) is 10.9 Å². The molecule has 2 rings (SSSR count). The number of carbonyl (C=O) groups is 1. The first-order valence-corrected chi connectivity index (χ1v) is 10.1. The second-order valence-electron chi connectivity index (χ2n) is 5.18. The van der Waals surface area contributed by atoms with E-state index < -0.39 is 10.0 Å². The lowest BCUT2D eigenvalue weighted by molar-refractivity contribution is -0.119. The molecule has 1 aliphatic heterocycles. The summed E-state index contributed by atoms with van der Waals surface area (Å²) in [6.45, 7) is 5.25. The normalized spacial score (nSPS) is 15.7. The Morgan fingerprint density at radius 1 is 1.33 bits per heavy atom. The van der Waals surface area contributed by atoms with Crippen LogP contribution in [-0.4, -0.2) is 65.0 Å². The van der Waals surface area contributed by atoms with E-state index in [9.17, 15) is 13.2 Å². The average Bonchev–Trinajstić information content (AvgIpc) is 2.98. The molecule has 1 aromatic rings. The summed E-state index contributed by atoms with van der Waals surface area (Å²) in [5.74, 6) is -0.337. The smallest absolute Gasteiger partial charge is 0.250 e. The third-order valence-electron chi connectivity index (χ3n) is 3.42. The van der Waals surface area contributed by atoms with Gasteiger partial charge in [-0.05, 0) is 25.1 Å². The van der Waals surface area contributed by atoms with Gasteiger partial charge < -0.3 is 15.5 Å². The second-order valence-corrected chi connectivity index (χ2v) is 8.89. The first-order chi connectivity index (χ1) is 11.0. The van der Waals surface area contributed by atoms with Crippen molar-refractivity contribution in [2.24, 2.45) is 0 Å². The molecule has 0 radical (unpaired) electrons. The lowest BCUT2D eigenvalue weighted by Gasteiger charge is -2.27. The number of nitrogens with one attached hydrogen (secondary N) is 3. The Morgan fingerprint density at radius 2 is 2.04 bits per heavy atom. The van der Waals surface area contributed by atoms with Crippen LogP contribution >= 0.6 is 35.3 Å². The van der Waals surface area contributed by atoms with Crippen LogP contribution < -0.4 is 15.4 Å². The Bertz CT molecular complexity index is 618. The largest absolute Gasteiger partial charge is 0.355 e. The molecular formula is C13H22Cl2N4O3S2. The van der Waals surface area contributed by atoms with E-state index in [2.05, 4.69) is 20.3 Å². The zero-order valence-corrected chi connectivity index (χ0v) is 16.3. The molecule has 1 aromatic heterocycles. The van der Waals surface area contributed by atoms with E-state index in [1.165, 1.54) is 12.1 Å². The summed E-state index contributed by atoms with van der Waals surface area (Å²) in [5.41, 5.74) is 0. The van der Waals surface area contributed by atoms with Gasteiger partial charge in [0.05, 0.1) is 10.9 Å². The van der Waals surface area contributed by atoms with Crippen molar-refractivity contribution in [3.05, 3.63) is 16.5 Å². The van der Waals surface area contributed by atoms with Crippen LogP contribution in [-0.2, 0) is 14.8 Å². The van der Waals surface area contributed by atoms with Crippen molar-refractivity contribution in [2.75, 3.05) is 45.8 Å². The van der Waals surface area contributed by atoms with Gasteiger partial charge in [0.15, 0.2) is 0 Å². The summed E-state index contributed by atoms with van der Waals surface area (Å²) in [6.07, 6.45) is 0.846. The predicted octanol–water partition coefficient (Wildman–Crippen LogP) is 0.513. The minimum absolute atomic E-state index is 0. The first-order valence-electron chi connectivity index (χ1n) is 7.42. The predicted molar refractivity (Wildman–Crippen MR) is 98.7 cm³/mol. The van der Waals surface area contributed by atoms with Gasteiger partial charge in [0.25, 0.3) is 10.0 Å². The van der Waals surface area contributed by atoms with E-state index in [1.807, 2.05) is 0 Å². The summed E-state index contributed by atoms with van der Waals surface area (Å²) < 4.78 is 26.6. The quantitative estimate of drug-likeness (QED) is 0.537. The Hall–Kier alpha value is -0.420. The van der Waals surface area contributed by atoms with Gasteiger partial charge in [0.1, 0.15) is 4.21 Å². The van der Waals surface area contributed by atoms with Gasteiger partial charge in [-0.25, -0.2) is 13.1 Å². The minimum atomic E-state index is -3.67. The molecular weight excluding hydrogens is 395 g/mol. The fraction of sp³-hybridized carbons (Fsp3) is 0.615. The minimum Gasteiger partial charge on any atom is -0.355 e. The van der Waals surface area contributed by atoms with Gasteiger partial charge in [0.2, 0.25) is 5.91 Å². The standard InChI is InChI=1S/C13H21ClN4O3S2.ClH/c14-11-2-3-13(22-11)23(20,21)17-10-12(19)16-4-1-7-18-8-5-15-6-9-18;/h2-3,15,17H,1,4-10H2,(H,16,19);1H. The van der Waals surface area contributed by atoms with Gasteiger partial charge in [-0.2, -0.15) is 0 Å². The third kappa shape index (κ3) is 7.22. The molecule has 1 amide bonds. The van der Waals surface area contributed by atoms with Crippen molar-refractivity contribution in [2.45, 2.75) is 10.6 Å². The SMILES string of the molecule is Cl.O=C(CNS(=O)(=O)c1ccc(Cl)s1)NCCCN1CCNCC1. The van der Waals surface area contributed by atoms with Crippen molar-refractivity contribution in [1.29, 1.82) is 0 Å². The van der Waals surface area contributed by atoms with E-state index in [0.717, 1.165) is 50.5 Å². The molecule has 0 bridgehead atoms. The Kier molecular flexibility index (Phi) is 9.50. The molecule has 0 unspecified atom stereocenters. The zero-order chi connectivity index (χ0) is 16.7. The fourth-order valence-corrected chi connectivity index (χ4v) is 4.71. The van der Waals surface area contributed by atoms with Crippen LogP contribution in [0.3, 0.4) is 0 Å². The maximum Gasteiger partial charge on any atom is 0.250 e. The number of sulfonamides is 1. The Morgan fingerprint density at radius 3 is 2.67 bits per heavy atom. The Labute approximate surface area is 157 Å². The molecule has 1 aliphatic rings. The summed E-state index contributed by atoms with van der Waals surface area (Å²) >= 11 is 6.67. The van der Waals surface area contributed by atoms with E-state index in [4.69, 9.17) is 11.6 Å². The monoisotopic (exact) mass is 416 g/mol. The van der Waals surface area contributed by atoms with Gasteiger partial charge in [-0.1, -0.05) is 11.6 Å². The molecule has 11 heteroatoms. The van der Waals surface area contributed by atoms with Crippen LogP contribution in [0.1, 0.15) is 6.42 Å². The van der Waals surface area contributed by atoms with Crippen LogP contribution in [0.25, 0.3) is 0 Å². The van der Waals surface area contributed by atoms with Crippen LogP contribution in [0.2, 0.25) is 4.34 Å². The van der Waals surface area contributed by atoms with Crippen molar-refractivity contribution >= 4 is 51.3 Å². The molecule has 0 aromatic carbocycles. The van der Waals surface area contributed by atoms with E-state index in [1.54, 1.807) is 0 Å². The molecule has 0 atom stereocenters. The lowest BCUT2D eigenvalue weighted by atomic mass is 10.3. The number of nitrogens with zero attached hydrogens (tertiary/aromatic N) is 1. The number of hydrogen-bond donors (Lipinski definition) is 3. The average molecular weight is 417 g/mol. The maximum absolute atomic E-state index is 11.9. The summed E-state index contributed by atoms with van der Waals surface area (Å²) in [7, 11) is -3.67. The van der Waals surface area contributed by atoms with Crippen LogP contribution in [0, 0.1) is 0 Å². The van der Waals surface area contributed by atoms with Gasteiger partial charge in [-0.3, -0.25) is 4.79 Å². The zero-order valence-electron chi connectivity index (χ0n) is 13.1. The molecule has 0 spiro atoms. The van der Waals surface area contributed by atoms with Crippen LogP contribution in [0.4, 0.5) is 0 Å². The van der Waals surface area contributed by atoms with Gasteiger partial charge >= 0.3 is 0 Å².